The second kappa shape index (κ2) is 6.12. The molecular formula is C20H23FO. The van der Waals surface area contributed by atoms with Gasteiger partial charge in [0.1, 0.15) is 11.6 Å². The van der Waals surface area contributed by atoms with Crippen LogP contribution in [0.25, 0.3) is 0 Å². The molecule has 1 fully saturated rings. The molecule has 0 amide bonds. The lowest BCUT2D eigenvalue weighted by atomic mass is 9.69. The van der Waals surface area contributed by atoms with Gasteiger partial charge in [-0.1, -0.05) is 49.9 Å². The lowest BCUT2D eigenvalue weighted by Gasteiger charge is -2.35. The van der Waals surface area contributed by atoms with Crippen molar-refractivity contribution in [1.82, 2.24) is 0 Å². The highest BCUT2D eigenvalue weighted by Crippen LogP contribution is 2.44. The second-order valence-electron chi connectivity index (χ2n) is 6.51. The summed E-state index contributed by atoms with van der Waals surface area (Å²) >= 11 is 0. The molecule has 0 heterocycles. The van der Waals surface area contributed by atoms with E-state index in [2.05, 4.69) is 12.1 Å². The van der Waals surface area contributed by atoms with Crippen LogP contribution in [0, 0.1) is 12.7 Å². The summed E-state index contributed by atoms with van der Waals surface area (Å²) in [4.78, 5) is 0. The topological polar surface area (TPSA) is 20.2 Å². The fraction of sp³-hybridized carbons (Fsp3) is 0.400. The maximum atomic E-state index is 13.8. The van der Waals surface area contributed by atoms with Gasteiger partial charge in [-0.15, -0.1) is 0 Å². The standard InChI is InChI=1S/C20H23FO/c1-15-13-17(9-10-19(15)22)20(11-4-2-3-5-12-20)16-7-6-8-18(21)14-16/h6-10,13-14,22H,2-5,11-12H2,1H3. The Morgan fingerprint density at radius 3 is 2.23 bits per heavy atom. The summed E-state index contributed by atoms with van der Waals surface area (Å²) in [7, 11) is 0. The molecule has 22 heavy (non-hydrogen) atoms. The van der Waals surface area contributed by atoms with Crippen LogP contribution >= 0.6 is 0 Å². The van der Waals surface area contributed by atoms with Crippen LogP contribution in [-0.2, 0) is 5.41 Å². The fourth-order valence-electron chi connectivity index (χ4n) is 3.82. The van der Waals surface area contributed by atoms with E-state index >= 15 is 0 Å². The molecule has 116 valence electrons. The first-order valence-electron chi connectivity index (χ1n) is 8.18. The summed E-state index contributed by atoms with van der Waals surface area (Å²) in [6.07, 6.45) is 6.90. The number of hydrogen-bond donors (Lipinski definition) is 1. The predicted molar refractivity (Wildman–Crippen MR) is 87.7 cm³/mol. The Balaban J connectivity index is 2.15. The molecule has 2 heteroatoms. The highest BCUT2D eigenvalue weighted by molar-refractivity contribution is 5.45. The van der Waals surface area contributed by atoms with E-state index in [0.29, 0.717) is 5.75 Å². The van der Waals surface area contributed by atoms with Crippen molar-refractivity contribution in [3.05, 3.63) is 65.0 Å². The molecule has 0 bridgehead atoms. The molecule has 0 unspecified atom stereocenters. The van der Waals surface area contributed by atoms with E-state index in [9.17, 15) is 9.50 Å². The molecule has 0 aromatic heterocycles. The largest absolute Gasteiger partial charge is 0.508 e. The van der Waals surface area contributed by atoms with Gasteiger partial charge in [-0.2, -0.15) is 0 Å². The molecule has 0 spiro atoms. The Morgan fingerprint density at radius 1 is 0.909 bits per heavy atom. The van der Waals surface area contributed by atoms with Crippen molar-refractivity contribution in [1.29, 1.82) is 0 Å². The molecule has 1 nitrogen and oxygen atoms in total. The Morgan fingerprint density at radius 2 is 1.59 bits per heavy atom. The van der Waals surface area contributed by atoms with E-state index in [0.717, 1.165) is 36.8 Å². The first kappa shape index (κ1) is 15.1. The Hall–Kier alpha value is -1.83. The fourth-order valence-corrected chi connectivity index (χ4v) is 3.82. The minimum Gasteiger partial charge on any atom is -0.508 e. The van der Waals surface area contributed by atoms with E-state index in [4.69, 9.17) is 0 Å². The van der Waals surface area contributed by atoms with Crippen molar-refractivity contribution in [2.45, 2.75) is 50.9 Å². The number of phenolic OH excluding ortho intramolecular Hbond substituents is 1. The summed E-state index contributed by atoms with van der Waals surface area (Å²) in [5.41, 5.74) is 3.03. The number of aromatic hydroxyl groups is 1. The number of rotatable bonds is 2. The molecule has 0 atom stereocenters. The van der Waals surface area contributed by atoms with E-state index in [-0.39, 0.29) is 11.2 Å². The molecule has 1 saturated carbocycles. The summed E-state index contributed by atoms with van der Waals surface area (Å²) in [6, 6.07) is 12.9. The monoisotopic (exact) mass is 298 g/mol. The predicted octanol–water partition coefficient (Wildman–Crippen LogP) is 5.48. The van der Waals surface area contributed by atoms with Gasteiger partial charge in [0.2, 0.25) is 0 Å². The number of hydrogen-bond acceptors (Lipinski definition) is 1. The highest BCUT2D eigenvalue weighted by atomic mass is 19.1. The molecule has 2 aromatic rings. The average molecular weight is 298 g/mol. The van der Waals surface area contributed by atoms with Crippen LogP contribution in [0.4, 0.5) is 4.39 Å². The molecule has 0 radical (unpaired) electrons. The SMILES string of the molecule is Cc1cc(C2(c3cccc(F)c3)CCCCCC2)ccc1O. The van der Waals surface area contributed by atoms with E-state index in [1.165, 1.54) is 24.5 Å². The van der Waals surface area contributed by atoms with Gasteiger partial charge in [-0.3, -0.25) is 0 Å². The smallest absolute Gasteiger partial charge is 0.123 e. The van der Waals surface area contributed by atoms with Gasteiger partial charge in [0.25, 0.3) is 0 Å². The normalized spacial score (nSPS) is 17.9. The molecule has 0 aliphatic heterocycles. The zero-order chi connectivity index (χ0) is 15.6. The van der Waals surface area contributed by atoms with E-state index in [1.807, 2.05) is 19.1 Å². The lowest BCUT2D eigenvalue weighted by molar-refractivity contribution is 0.438. The number of aryl methyl sites for hydroxylation is 1. The van der Waals surface area contributed by atoms with Crippen LogP contribution in [0.5, 0.6) is 5.75 Å². The van der Waals surface area contributed by atoms with Crippen LogP contribution in [-0.4, -0.2) is 5.11 Å². The van der Waals surface area contributed by atoms with Crippen LogP contribution in [0.2, 0.25) is 0 Å². The maximum absolute atomic E-state index is 13.8. The summed E-state index contributed by atoms with van der Waals surface area (Å²) < 4.78 is 13.8. The van der Waals surface area contributed by atoms with Gasteiger partial charge < -0.3 is 5.11 Å². The number of halogens is 1. The number of benzene rings is 2. The van der Waals surface area contributed by atoms with Crippen molar-refractivity contribution in [3.8, 4) is 5.75 Å². The summed E-state index contributed by atoms with van der Waals surface area (Å²) in [5, 5.41) is 9.84. The van der Waals surface area contributed by atoms with Crippen LogP contribution in [0.3, 0.4) is 0 Å². The molecule has 1 aliphatic carbocycles. The third kappa shape index (κ3) is 2.75. The molecule has 0 saturated heterocycles. The van der Waals surface area contributed by atoms with Crippen LogP contribution in [0.15, 0.2) is 42.5 Å². The molecule has 1 aliphatic rings. The second-order valence-corrected chi connectivity index (χ2v) is 6.51. The molecule has 1 N–H and O–H groups in total. The zero-order valence-electron chi connectivity index (χ0n) is 13.1. The zero-order valence-corrected chi connectivity index (χ0v) is 13.1. The first-order chi connectivity index (χ1) is 10.6. The third-order valence-corrected chi connectivity index (χ3v) is 5.08. The van der Waals surface area contributed by atoms with Gasteiger partial charge in [0, 0.05) is 5.41 Å². The minimum absolute atomic E-state index is 0.128. The Labute approximate surface area is 131 Å². The number of phenols is 1. The first-order valence-corrected chi connectivity index (χ1v) is 8.18. The van der Waals surface area contributed by atoms with E-state index < -0.39 is 0 Å². The van der Waals surface area contributed by atoms with Gasteiger partial charge in [0.15, 0.2) is 0 Å². The summed E-state index contributed by atoms with van der Waals surface area (Å²) in [6.45, 7) is 1.93. The average Bonchev–Trinajstić information content (AvgIpc) is 2.77. The van der Waals surface area contributed by atoms with Gasteiger partial charge in [-0.25, -0.2) is 4.39 Å². The van der Waals surface area contributed by atoms with Crippen molar-refractivity contribution in [3.63, 3.8) is 0 Å². The van der Waals surface area contributed by atoms with Gasteiger partial charge in [0.05, 0.1) is 0 Å². The van der Waals surface area contributed by atoms with Crippen molar-refractivity contribution >= 4 is 0 Å². The van der Waals surface area contributed by atoms with Crippen molar-refractivity contribution < 1.29 is 9.50 Å². The van der Waals surface area contributed by atoms with Crippen LogP contribution in [0.1, 0.15) is 55.2 Å². The minimum atomic E-state index is -0.170. The van der Waals surface area contributed by atoms with Gasteiger partial charge in [-0.05, 0) is 54.7 Å². The van der Waals surface area contributed by atoms with Crippen LogP contribution < -0.4 is 0 Å². The Bertz CT molecular complexity index is 655. The molecule has 3 rings (SSSR count). The van der Waals surface area contributed by atoms with E-state index in [1.54, 1.807) is 12.1 Å². The molecular weight excluding hydrogens is 275 g/mol. The summed E-state index contributed by atoms with van der Waals surface area (Å²) in [5.74, 6) is 0.156. The van der Waals surface area contributed by atoms with Gasteiger partial charge >= 0.3 is 0 Å². The highest BCUT2D eigenvalue weighted by Gasteiger charge is 2.35. The van der Waals surface area contributed by atoms with Crippen molar-refractivity contribution in [2.75, 3.05) is 0 Å². The third-order valence-electron chi connectivity index (χ3n) is 5.08. The maximum Gasteiger partial charge on any atom is 0.123 e. The lowest BCUT2D eigenvalue weighted by Crippen LogP contribution is -2.27. The molecule has 2 aromatic carbocycles. The Kier molecular flexibility index (Phi) is 4.19. The van der Waals surface area contributed by atoms with Crippen molar-refractivity contribution in [2.24, 2.45) is 0 Å². The quantitative estimate of drug-likeness (QED) is 0.728.